The number of carboxylic acid groups (broad SMARTS) is 2. The van der Waals surface area contributed by atoms with Gasteiger partial charge in [-0.25, -0.2) is 0 Å². The molecule has 37 nitrogen and oxygen atoms in total. The minimum Gasteiger partial charge on any atom is -0.481 e. The van der Waals surface area contributed by atoms with Crippen LogP contribution in [0.4, 0.5) is 0 Å². The first-order valence-corrected chi connectivity index (χ1v) is 34.6. The van der Waals surface area contributed by atoms with Crippen LogP contribution in [0.15, 0.2) is 60.8 Å². The van der Waals surface area contributed by atoms with Crippen molar-refractivity contribution in [2.75, 3.05) is 32.8 Å². The van der Waals surface area contributed by atoms with Gasteiger partial charge in [0.05, 0.1) is 19.3 Å². The first kappa shape index (κ1) is 89.0. The fourth-order valence-corrected chi connectivity index (χ4v) is 10.5. The summed E-state index contributed by atoms with van der Waals surface area (Å²) in [6.45, 7) is 10.8. The molecule has 0 spiro atoms. The van der Waals surface area contributed by atoms with Crippen molar-refractivity contribution >= 4 is 99.6 Å². The Morgan fingerprint density at radius 2 is 0.762 bits per heavy atom. The summed E-state index contributed by atoms with van der Waals surface area (Å²) >= 11 is 0. The van der Waals surface area contributed by atoms with E-state index in [1.165, 1.54) is 27.0 Å². The number of aliphatic hydroxyl groups excluding tert-OH is 2. The Morgan fingerprint density at radius 3 is 1.22 bits per heavy atom. The molecule has 2 aromatic carbocycles. The number of nitrogens with two attached hydrogens (primary N) is 4. The minimum absolute atomic E-state index is 0.103. The molecule has 0 saturated heterocycles. The Hall–Kier alpha value is -10.2. The van der Waals surface area contributed by atoms with Crippen LogP contribution in [0, 0.1) is 17.8 Å². The number of aliphatic carboxylic acids is 2. The van der Waals surface area contributed by atoms with Gasteiger partial charge in [-0.1, -0.05) is 96.5 Å². The third-order valence-electron chi connectivity index (χ3n) is 17.0. The number of aliphatic hydroxyl groups is 2. The van der Waals surface area contributed by atoms with Gasteiger partial charge in [0.1, 0.15) is 78.5 Å². The van der Waals surface area contributed by atoms with E-state index in [2.05, 4.69) is 74.1 Å². The number of hydrogen-bond donors (Lipinski definition) is 22. The highest BCUT2D eigenvalue weighted by Crippen LogP contribution is 2.20. The number of H-pyrrole nitrogens is 1. The zero-order valence-electron chi connectivity index (χ0n) is 60.5. The molecule has 0 radical (unpaired) electrons. The van der Waals surface area contributed by atoms with Crippen molar-refractivity contribution in [2.45, 2.75) is 198 Å². The molecule has 15 atom stereocenters. The van der Waals surface area contributed by atoms with Crippen molar-refractivity contribution < 1.29 is 92.3 Å². The first-order valence-electron chi connectivity index (χ1n) is 34.6. The van der Waals surface area contributed by atoms with E-state index in [4.69, 9.17) is 22.9 Å². The number of carboxylic acids is 2. The minimum atomic E-state index is -1.88. The van der Waals surface area contributed by atoms with Crippen molar-refractivity contribution in [3.8, 4) is 0 Å². The second-order valence-electron chi connectivity index (χ2n) is 26.2. The molecule has 0 aliphatic rings. The van der Waals surface area contributed by atoms with Gasteiger partial charge in [0.25, 0.3) is 0 Å². The van der Waals surface area contributed by atoms with E-state index in [1.807, 2.05) is 0 Å². The monoisotopic (exact) mass is 1480 g/mol. The van der Waals surface area contributed by atoms with Crippen LogP contribution in [0.3, 0.4) is 0 Å². The summed E-state index contributed by atoms with van der Waals surface area (Å²) in [6.07, 6.45) is -0.648. The molecular weight excluding hydrogens is 1370 g/mol. The van der Waals surface area contributed by atoms with Crippen molar-refractivity contribution in [3.63, 3.8) is 0 Å². The van der Waals surface area contributed by atoms with Gasteiger partial charge < -0.3 is 117 Å². The molecule has 0 saturated carbocycles. The maximum absolute atomic E-state index is 14.5. The summed E-state index contributed by atoms with van der Waals surface area (Å²) in [7, 11) is 0. The highest BCUT2D eigenvalue weighted by molar-refractivity contribution is 6.00. The molecule has 3 rings (SSSR count). The van der Waals surface area contributed by atoms with Gasteiger partial charge in [-0.15, -0.1) is 0 Å². The molecule has 0 aliphatic heterocycles. The Morgan fingerprint density at radius 1 is 0.400 bits per heavy atom. The number of benzene rings is 2. The van der Waals surface area contributed by atoms with Crippen LogP contribution in [-0.4, -0.2) is 232 Å². The summed E-state index contributed by atoms with van der Waals surface area (Å²) in [4.78, 5) is 206. The zero-order chi connectivity index (χ0) is 78.9. The van der Waals surface area contributed by atoms with E-state index < -0.39 is 217 Å². The molecular formula is C68H106N18O19. The average molecular weight is 1480 g/mol. The molecule has 37 heteroatoms. The van der Waals surface area contributed by atoms with Crippen LogP contribution in [0.1, 0.15) is 112 Å². The van der Waals surface area contributed by atoms with Crippen LogP contribution in [0.25, 0.3) is 10.9 Å². The smallest absolute Gasteiger partial charge is 0.325 e. The Bertz CT molecular complexity index is 3470. The molecule has 1 aromatic heterocycles. The summed E-state index contributed by atoms with van der Waals surface area (Å²) in [6, 6.07) is -5.58. The van der Waals surface area contributed by atoms with E-state index in [-0.39, 0.29) is 51.7 Å². The van der Waals surface area contributed by atoms with Crippen molar-refractivity contribution in [3.05, 3.63) is 71.9 Å². The second kappa shape index (κ2) is 44.4. The molecule has 13 amide bonds. The number of hydrogen-bond acceptors (Lipinski definition) is 21. The third kappa shape index (κ3) is 28.7. The highest BCUT2D eigenvalue weighted by atomic mass is 16.4. The average Bonchev–Trinajstić information content (AvgIpc) is 1.72. The molecule has 0 aliphatic carbocycles. The van der Waals surface area contributed by atoms with Crippen LogP contribution in [-0.2, 0) is 84.8 Å². The van der Waals surface area contributed by atoms with Crippen molar-refractivity contribution in [2.24, 2.45) is 40.7 Å². The molecule has 0 unspecified atom stereocenters. The molecule has 582 valence electrons. The maximum atomic E-state index is 14.5. The standard InChI is InChI=1S/C68H106N18O19/c1-10-35(6)54(67(103)75-38(9)68(104)105)86-66(102)53(34(4)5)85-60(96)43(20-21-51(89)90)76-61(97)47(28-39-16-12-11-13-17-39)80-59(95)46(24-27-71)77-58(94)45(23-26-70)78-63(99)50(32-88)83-62(98)48(29-40-30-73-42-19-15-14-18-41(40)42)81-64(100)49(31-87)82-56(92)37(8)74-57(93)44(22-25-69)79-65(101)52(33(2)3)84-55(91)36(7)72/h11-19,30,33-38,43-50,52-54,73,87-88H,10,20-29,31-32,69-72H2,1-9H3,(H,74,93)(H,75,103)(H,76,97)(H,77,94)(H,78,99)(H,79,101)(H,80,95)(H,81,100)(H,82,92)(H,83,98)(H,84,91)(H,85,96)(H,86,102)(H,89,90)(H,104,105)/t35-,36-,37-,38-,43-,44+,45-,46+,47-,48+,49+,50-,52+,53-,54+/m0/s1. The lowest BCUT2D eigenvalue weighted by molar-refractivity contribution is -0.142. The van der Waals surface area contributed by atoms with Gasteiger partial charge >= 0.3 is 11.9 Å². The Labute approximate surface area is 607 Å². The normalized spacial score (nSPS) is 15.6. The van der Waals surface area contributed by atoms with Gasteiger partial charge in [-0.05, 0) is 101 Å². The number of fused-ring (bicyclic) bond motifs is 1. The van der Waals surface area contributed by atoms with Gasteiger partial charge in [0.2, 0.25) is 76.8 Å². The molecule has 0 fully saturated rings. The SMILES string of the molecule is CC[C@H](C)[C@@H](NC(=O)[C@@H](NC(=O)[C@H](CCC(=O)O)NC(=O)[C@H](Cc1ccccc1)NC(=O)[C@@H](CCN)NC(=O)[C@H](CCN)NC(=O)[C@H](CO)NC(=O)[C@@H](Cc1c[nH]c2ccccc12)NC(=O)[C@@H](CO)NC(=O)[C@H](C)NC(=O)[C@@H](CCN)NC(=O)[C@H](NC(=O)[C@H](C)N)C(C)C)C(C)C)C(=O)N[C@@H](C)C(=O)O. The number of carbonyl (C=O) groups excluding carboxylic acids is 13. The fourth-order valence-electron chi connectivity index (χ4n) is 10.5. The molecule has 26 N–H and O–H groups in total. The summed E-state index contributed by atoms with van der Waals surface area (Å²) in [5.74, 6) is -16.9. The van der Waals surface area contributed by atoms with Gasteiger partial charge in [-0.2, -0.15) is 0 Å². The van der Waals surface area contributed by atoms with E-state index in [0.29, 0.717) is 28.5 Å². The number of aromatic nitrogens is 1. The quantitative estimate of drug-likeness (QED) is 0.0250. The summed E-state index contributed by atoms with van der Waals surface area (Å²) in [5.41, 5.74) is 24.8. The number of nitrogens with one attached hydrogen (secondary N) is 14. The zero-order valence-corrected chi connectivity index (χ0v) is 60.5. The van der Waals surface area contributed by atoms with Crippen LogP contribution >= 0.6 is 0 Å². The Kier molecular flexibility index (Phi) is 37.7. The van der Waals surface area contributed by atoms with Crippen LogP contribution < -0.4 is 92.1 Å². The molecule has 105 heavy (non-hydrogen) atoms. The van der Waals surface area contributed by atoms with E-state index in [1.54, 1.807) is 96.1 Å². The van der Waals surface area contributed by atoms with Gasteiger partial charge in [-0.3, -0.25) is 71.9 Å². The fraction of sp³-hybridized carbons (Fsp3) is 0.574. The van der Waals surface area contributed by atoms with Crippen LogP contribution in [0.5, 0.6) is 0 Å². The number of para-hydroxylation sites is 1. The molecule has 3 aromatic rings. The summed E-state index contributed by atoms with van der Waals surface area (Å²) in [5, 5.41) is 72.8. The number of aromatic amines is 1. The predicted octanol–water partition coefficient (Wildman–Crippen LogP) is -6.02. The molecule has 0 bridgehead atoms. The lowest BCUT2D eigenvalue weighted by Crippen LogP contribution is -2.62. The number of rotatable bonds is 46. The number of carbonyl (C=O) groups is 15. The van der Waals surface area contributed by atoms with E-state index in [9.17, 15) is 92.3 Å². The van der Waals surface area contributed by atoms with Crippen molar-refractivity contribution in [1.82, 2.24) is 74.1 Å². The Balaban J connectivity index is 1.89. The first-order chi connectivity index (χ1) is 49.6. The lowest BCUT2D eigenvalue weighted by Gasteiger charge is -2.30. The van der Waals surface area contributed by atoms with Gasteiger partial charge in [0.15, 0.2) is 0 Å². The van der Waals surface area contributed by atoms with Gasteiger partial charge in [0, 0.05) is 36.4 Å². The molecule has 1 heterocycles. The number of amides is 13. The largest absolute Gasteiger partial charge is 0.481 e. The van der Waals surface area contributed by atoms with E-state index >= 15 is 0 Å². The second-order valence-corrected chi connectivity index (χ2v) is 26.2. The van der Waals surface area contributed by atoms with Crippen LogP contribution in [0.2, 0.25) is 0 Å². The topological polar surface area (TPSA) is 613 Å². The van der Waals surface area contributed by atoms with Crippen molar-refractivity contribution in [1.29, 1.82) is 0 Å². The predicted molar refractivity (Wildman–Crippen MR) is 381 cm³/mol. The summed E-state index contributed by atoms with van der Waals surface area (Å²) < 4.78 is 0. The highest BCUT2D eigenvalue weighted by Gasteiger charge is 2.39. The maximum Gasteiger partial charge on any atom is 0.325 e. The lowest BCUT2D eigenvalue weighted by atomic mass is 9.96. The third-order valence-corrected chi connectivity index (χ3v) is 17.0. The van der Waals surface area contributed by atoms with E-state index in [0.717, 1.165) is 0 Å².